The molecule has 2 aliphatic heterocycles. The third-order valence-corrected chi connectivity index (χ3v) is 4.39. The zero-order valence-corrected chi connectivity index (χ0v) is 12.4. The van der Waals surface area contributed by atoms with Gasteiger partial charge in [0.15, 0.2) is 0 Å². The van der Waals surface area contributed by atoms with Gasteiger partial charge < -0.3 is 19.2 Å². The number of aromatic nitrogens is 1. The molecule has 0 amide bonds. The number of nitrogens with one attached hydrogen (secondary N) is 1. The molecular weight excluding hydrogens is 256 g/mol. The third kappa shape index (κ3) is 3.05. The Labute approximate surface area is 120 Å². The van der Waals surface area contributed by atoms with Gasteiger partial charge in [-0.05, 0) is 39.5 Å². The van der Waals surface area contributed by atoms with Crippen LogP contribution in [-0.2, 0) is 9.47 Å². The molecular formula is C15H24N2O3. The summed E-state index contributed by atoms with van der Waals surface area (Å²) >= 11 is 0. The van der Waals surface area contributed by atoms with E-state index in [0.29, 0.717) is 6.04 Å². The molecule has 3 rings (SSSR count). The van der Waals surface area contributed by atoms with Gasteiger partial charge in [-0.15, -0.1) is 0 Å². The summed E-state index contributed by atoms with van der Waals surface area (Å²) in [5, 5.41) is 3.64. The molecule has 0 aromatic carbocycles. The normalized spacial score (nSPS) is 27.6. The maximum atomic E-state index is 6.07. The molecule has 20 heavy (non-hydrogen) atoms. The van der Waals surface area contributed by atoms with Crippen LogP contribution in [0.2, 0.25) is 0 Å². The van der Waals surface area contributed by atoms with E-state index in [2.05, 4.69) is 17.2 Å². The summed E-state index contributed by atoms with van der Waals surface area (Å²) < 4.78 is 17.1. The highest BCUT2D eigenvalue weighted by Crippen LogP contribution is 2.34. The van der Waals surface area contributed by atoms with Crippen molar-refractivity contribution < 1.29 is 13.9 Å². The van der Waals surface area contributed by atoms with E-state index in [4.69, 9.17) is 13.9 Å². The fraction of sp³-hybridized carbons (Fsp3) is 0.800. The number of hydrogen-bond donors (Lipinski definition) is 1. The predicted octanol–water partition coefficient (Wildman–Crippen LogP) is 2.36. The van der Waals surface area contributed by atoms with E-state index in [-0.39, 0.29) is 11.6 Å². The van der Waals surface area contributed by atoms with Crippen molar-refractivity contribution in [1.82, 2.24) is 10.3 Å². The average molecular weight is 280 g/mol. The molecule has 5 heteroatoms. The Bertz CT molecular complexity index is 435. The predicted molar refractivity (Wildman–Crippen MR) is 74.5 cm³/mol. The molecule has 1 spiro atoms. The van der Waals surface area contributed by atoms with Crippen LogP contribution in [0.3, 0.4) is 0 Å². The second-order valence-electron chi connectivity index (χ2n) is 6.03. The Morgan fingerprint density at radius 2 is 2.15 bits per heavy atom. The molecule has 0 saturated carbocycles. The second-order valence-corrected chi connectivity index (χ2v) is 6.03. The van der Waals surface area contributed by atoms with Gasteiger partial charge in [0.2, 0.25) is 5.89 Å². The molecule has 5 nitrogen and oxygen atoms in total. The Balaban J connectivity index is 1.59. The maximum absolute atomic E-state index is 6.07. The minimum atomic E-state index is 0.0282. The van der Waals surface area contributed by atoms with Gasteiger partial charge in [0.1, 0.15) is 5.76 Å². The van der Waals surface area contributed by atoms with E-state index >= 15 is 0 Å². The molecule has 1 N–H and O–H groups in total. The number of rotatable bonds is 3. The van der Waals surface area contributed by atoms with Crippen molar-refractivity contribution in [1.29, 1.82) is 0 Å². The molecule has 0 bridgehead atoms. The summed E-state index contributed by atoms with van der Waals surface area (Å²) in [6, 6.07) is 0.604. The molecule has 2 aliphatic rings. The zero-order chi connectivity index (χ0) is 14.0. The lowest BCUT2D eigenvalue weighted by Crippen LogP contribution is -2.50. The fourth-order valence-electron chi connectivity index (χ4n) is 3.26. The molecule has 1 aromatic rings. The molecule has 1 aromatic heterocycles. The first-order chi connectivity index (χ1) is 9.67. The summed E-state index contributed by atoms with van der Waals surface area (Å²) in [6.45, 7) is 6.50. The lowest BCUT2D eigenvalue weighted by atomic mass is 9.84. The lowest BCUT2D eigenvalue weighted by Gasteiger charge is -2.44. The first kappa shape index (κ1) is 14.0. The van der Waals surface area contributed by atoms with Crippen LogP contribution in [0.5, 0.6) is 0 Å². The maximum Gasteiger partial charge on any atom is 0.211 e. The molecule has 2 fully saturated rings. The van der Waals surface area contributed by atoms with E-state index in [0.717, 1.165) is 57.2 Å². The van der Waals surface area contributed by atoms with E-state index in [1.54, 1.807) is 6.20 Å². The zero-order valence-electron chi connectivity index (χ0n) is 12.4. The van der Waals surface area contributed by atoms with Crippen LogP contribution >= 0.6 is 0 Å². The first-order valence-electron chi connectivity index (χ1n) is 7.57. The lowest BCUT2D eigenvalue weighted by molar-refractivity contribution is -0.141. The van der Waals surface area contributed by atoms with Crippen molar-refractivity contribution in [2.45, 2.75) is 57.2 Å². The molecule has 2 saturated heterocycles. The highest BCUT2D eigenvalue weighted by molar-refractivity contribution is 4.98. The van der Waals surface area contributed by atoms with Gasteiger partial charge in [0.05, 0.1) is 17.8 Å². The molecule has 2 atom stereocenters. The van der Waals surface area contributed by atoms with Crippen LogP contribution in [0, 0.1) is 6.92 Å². The van der Waals surface area contributed by atoms with Crippen LogP contribution in [0.1, 0.15) is 50.3 Å². The monoisotopic (exact) mass is 280 g/mol. The first-order valence-corrected chi connectivity index (χ1v) is 7.57. The number of aryl methyl sites for hydroxylation is 1. The third-order valence-electron chi connectivity index (χ3n) is 4.39. The second kappa shape index (κ2) is 5.84. The van der Waals surface area contributed by atoms with Gasteiger partial charge >= 0.3 is 0 Å². The van der Waals surface area contributed by atoms with Crippen molar-refractivity contribution in [3.05, 3.63) is 17.8 Å². The van der Waals surface area contributed by atoms with Crippen LogP contribution in [-0.4, -0.2) is 36.4 Å². The molecule has 3 heterocycles. The number of nitrogens with zero attached hydrogens (tertiary/aromatic N) is 1. The summed E-state index contributed by atoms with van der Waals surface area (Å²) in [4.78, 5) is 4.30. The summed E-state index contributed by atoms with van der Waals surface area (Å²) in [7, 11) is 0. The van der Waals surface area contributed by atoms with Gasteiger partial charge in [-0.1, -0.05) is 0 Å². The minimum absolute atomic E-state index is 0.0282. The van der Waals surface area contributed by atoms with Gasteiger partial charge in [0, 0.05) is 25.9 Å². The van der Waals surface area contributed by atoms with Crippen LogP contribution < -0.4 is 5.32 Å². The van der Waals surface area contributed by atoms with Crippen LogP contribution in [0.15, 0.2) is 10.6 Å². The van der Waals surface area contributed by atoms with Gasteiger partial charge in [-0.3, -0.25) is 0 Å². The molecule has 2 unspecified atom stereocenters. The molecule has 112 valence electrons. The average Bonchev–Trinajstić information content (AvgIpc) is 2.86. The molecule has 0 aliphatic carbocycles. The Morgan fingerprint density at radius 3 is 2.85 bits per heavy atom. The molecule has 0 radical (unpaired) electrons. The van der Waals surface area contributed by atoms with Crippen molar-refractivity contribution in [2.24, 2.45) is 0 Å². The van der Waals surface area contributed by atoms with Crippen molar-refractivity contribution in [3.63, 3.8) is 0 Å². The fourth-order valence-corrected chi connectivity index (χ4v) is 3.26. The highest BCUT2D eigenvalue weighted by Gasteiger charge is 2.39. The van der Waals surface area contributed by atoms with Crippen molar-refractivity contribution >= 4 is 0 Å². The number of hydrogen-bond acceptors (Lipinski definition) is 5. The SMILES string of the molecule is Cc1cnc(C(C)NC2CCOC3(CCOCC3)C2)o1. The van der Waals surface area contributed by atoms with E-state index in [1.807, 2.05) is 6.92 Å². The number of oxazole rings is 1. The van der Waals surface area contributed by atoms with Crippen molar-refractivity contribution in [3.8, 4) is 0 Å². The topological polar surface area (TPSA) is 56.5 Å². The summed E-state index contributed by atoms with van der Waals surface area (Å²) in [5.74, 6) is 1.64. The van der Waals surface area contributed by atoms with Crippen LogP contribution in [0.4, 0.5) is 0 Å². The van der Waals surface area contributed by atoms with Crippen molar-refractivity contribution in [2.75, 3.05) is 19.8 Å². The Kier molecular flexibility index (Phi) is 4.10. The smallest absolute Gasteiger partial charge is 0.211 e. The highest BCUT2D eigenvalue weighted by atomic mass is 16.5. The summed E-state index contributed by atoms with van der Waals surface area (Å²) in [5.41, 5.74) is 0.0282. The van der Waals surface area contributed by atoms with Gasteiger partial charge in [-0.2, -0.15) is 0 Å². The largest absolute Gasteiger partial charge is 0.444 e. The van der Waals surface area contributed by atoms with Gasteiger partial charge in [-0.25, -0.2) is 4.98 Å². The minimum Gasteiger partial charge on any atom is -0.444 e. The van der Waals surface area contributed by atoms with E-state index < -0.39 is 0 Å². The van der Waals surface area contributed by atoms with Gasteiger partial charge in [0.25, 0.3) is 0 Å². The Hall–Kier alpha value is -0.910. The summed E-state index contributed by atoms with van der Waals surface area (Å²) in [6.07, 6.45) is 5.90. The van der Waals surface area contributed by atoms with E-state index in [9.17, 15) is 0 Å². The number of ether oxygens (including phenoxy) is 2. The standard InChI is InChI=1S/C15H24N2O3/c1-11-10-16-14(20-11)12(2)17-13-3-6-19-15(9-13)4-7-18-8-5-15/h10,12-13,17H,3-9H2,1-2H3. The quantitative estimate of drug-likeness (QED) is 0.921. The van der Waals surface area contributed by atoms with E-state index in [1.165, 1.54) is 0 Å². The van der Waals surface area contributed by atoms with Crippen LogP contribution in [0.25, 0.3) is 0 Å². The Morgan fingerprint density at radius 1 is 1.35 bits per heavy atom.